The van der Waals surface area contributed by atoms with Crippen LogP contribution in [0.5, 0.6) is 0 Å². The van der Waals surface area contributed by atoms with Crippen molar-refractivity contribution >= 4 is 18.3 Å². The zero-order valence-electron chi connectivity index (χ0n) is 14.4. The van der Waals surface area contributed by atoms with Gasteiger partial charge in [-0.15, -0.1) is 0 Å². The molecule has 0 aromatic rings. The standard InChI is InChI=1S/C18H33O2PS/c1-3-21(19,22)20-11-9-7-5-4-6-8-10-16-13-18(16)14-17-12-15(17)2/h3,15-18H,4-14H2,1-2H3/p+1. The fraction of sp³-hybridized carbons (Fsp3) is 0.944. The summed E-state index contributed by atoms with van der Waals surface area (Å²) in [4.78, 5) is 9.60. The van der Waals surface area contributed by atoms with Gasteiger partial charge in [0.1, 0.15) is 0 Å². The van der Waals surface area contributed by atoms with Crippen LogP contribution in [0.2, 0.25) is 0 Å². The summed E-state index contributed by atoms with van der Waals surface area (Å²) in [6.45, 7) is 2.24. The quantitative estimate of drug-likeness (QED) is 0.256. The van der Waals surface area contributed by atoms with E-state index >= 15 is 0 Å². The largest absolute Gasteiger partial charge is 0.369 e. The molecule has 0 aromatic heterocycles. The zero-order chi connectivity index (χ0) is 16.0. The molecule has 0 aliphatic heterocycles. The smallest absolute Gasteiger partial charge is 0.311 e. The summed E-state index contributed by atoms with van der Waals surface area (Å²) in [5, 5.41) is 0. The second-order valence-corrected chi connectivity index (χ2v) is 11.0. The molecule has 0 saturated heterocycles. The van der Waals surface area contributed by atoms with E-state index in [1.165, 1.54) is 51.4 Å². The van der Waals surface area contributed by atoms with Crippen molar-refractivity contribution in [2.75, 3.05) is 6.61 Å². The molecule has 2 rings (SSSR count). The van der Waals surface area contributed by atoms with Gasteiger partial charge in [-0.25, -0.2) is 0 Å². The topological polar surface area (TPSA) is 29.5 Å². The molecule has 2 saturated carbocycles. The predicted molar refractivity (Wildman–Crippen MR) is 98.2 cm³/mol. The Kier molecular flexibility index (Phi) is 7.73. The van der Waals surface area contributed by atoms with Gasteiger partial charge in [-0.05, 0) is 49.4 Å². The highest BCUT2D eigenvalue weighted by atomic mass is 32.5. The molecule has 5 unspecified atom stereocenters. The number of hydrogen-bond donors (Lipinski definition) is 1. The first-order chi connectivity index (χ1) is 10.5. The van der Waals surface area contributed by atoms with Crippen LogP contribution in [0.25, 0.3) is 0 Å². The average Bonchev–Trinajstić information content (AvgIpc) is 3.38. The van der Waals surface area contributed by atoms with Gasteiger partial charge in [-0.1, -0.05) is 45.4 Å². The molecule has 0 heterocycles. The van der Waals surface area contributed by atoms with Gasteiger partial charge < -0.3 is 4.89 Å². The highest BCUT2D eigenvalue weighted by Gasteiger charge is 2.43. The third-order valence-electron chi connectivity index (χ3n) is 5.52. The van der Waals surface area contributed by atoms with Crippen LogP contribution in [-0.4, -0.2) is 11.5 Å². The van der Waals surface area contributed by atoms with Crippen LogP contribution >= 0.6 is 6.49 Å². The lowest BCUT2D eigenvalue weighted by molar-refractivity contribution is 0.300. The molecule has 0 bridgehead atoms. The van der Waals surface area contributed by atoms with E-state index in [4.69, 9.17) is 16.3 Å². The van der Waals surface area contributed by atoms with E-state index < -0.39 is 6.49 Å². The second-order valence-electron chi connectivity index (χ2n) is 7.53. The minimum absolute atomic E-state index is 0.613. The summed E-state index contributed by atoms with van der Waals surface area (Å²) in [5.41, 5.74) is 0. The first-order valence-electron chi connectivity index (χ1n) is 9.29. The maximum Gasteiger partial charge on any atom is 0.369 e. The Morgan fingerprint density at radius 2 is 1.68 bits per heavy atom. The van der Waals surface area contributed by atoms with E-state index in [0.29, 0.717) is 6.61 Å². The predicted octanol–water partition coefficient (Wildman–Crippen LogP) is 5.90. The lowest BCUT2D eigenvalue weighted by Crippen LogP contribution is -1.92. The molecule has 2 aliphatic carbocycles. The van der Waals surface area contributed by atoms with Gasteiger partial charge in [-0.3, -0.25) is 4.52 Å². The van der Waals surface area contributed by atoms with Crippen LogP contribution < -0.4 is 0 Å². The summed E-state index contributed by atoms with van der Waals surface area (Å²) in [6.07, 6.45) is 15.4. The first-order valence-corrected chi connectivity index (χ1v) is 12.0. The minimum atomic E-state index is -2.55. The van der Waals surface area contributed by atoms with Crippen LogP contribution in [0.1, 0.15) is 78.1 Å². The van der Waals surface area contributed by atoms with Crippen LogP contribution in [0.4, 0.5) is 0 Å². The molecule has 22 heavy (non-hydrogen) atoms. The zero-order valence-corrected chi connectivity index (χ0v) is 16.1. The Hall–Kier alpha value is 0.440. The first kappa shape index (κ1) is 18.8. The molecular formula is C18H34O2PS+. The van der Waals surface area contributed by atoms with Gasteiger partial charge in [-0.2, -0.15) is 0 Å². The monoisotopic (exact) mass is 345 g/mol. The Morgan fingerprint density at radius 3 is 2.32 bits per heavy atom. The van der Waals surface area contributed by atoms with Crippen molar-refractivity contribution in [3.05, 3.63) is 6.16 Å². The molecule has 0 spiro atoms. The second kappa shape index (κ2) is 9.06. The third-order valence-corrected chi connectivity index (χ3v) is 7.68. The number of hydrogen-bond acceptors (Lipinski definition) is 2. The van der Waals surface area contributed by atoms with Gasteiger partial charge in [0.15, 0.2) is 6.16 Å². The molecule has 0 radical (unpaired) electrons. The van der Waals surface area contributed by atoms with Crippen molar-refractivity contribution in [3.63, 3.8) is 0 Å². The lowest BCUT2D eigenvalue weighted by atomic mass is 10.1. The summed E-state index contributed by atoms with van der Waals surface area (Å²) in [5.74, 6) is 4.32. The maximum absolute atomic E-state index is 9.60. The molecule has 2 nitrogen and oxygen atoms in total. The summed E-state index contributed by atoms with van der Waals surface area (Å²) >= 11 is 4.94. The van der Waals surface area contributed by atoms with Gasteiger partial charge in [0.25, 0.3) is 0 Å². The molecule has 0 amide bonds. The van der Waals surface area contributed by atoms with E-state index in [1.54, 1.807) is 19.5 Å². The van der Waals surface area contributed by atoms with Gasteiger partial charge in [0, 0.05) is 11.8 Å². The van der Waals surface area contributed by atoms with Gasteiger partial charge >= 0.3 is 6.49 Å². The van der Waals surface area contributed by atoms with Gasteiger partial charge in [0.05, 0.1) is 13.5 Å². The molecule has 2 fully saturated rings. The van der Waals surface area contributed by atoms with E-state index in [9.17, 15) is 4.89 Å². The van der Waals surface area contributed by atoms with E-state index in [-0.39, 0.29) is 0 Å². The van der Waals surface area contributed by atoms with Crippen molar-refractivity contribution in [3.8, 4) is 0 Å². The highest BCUT2D eigenvalue weighted by molar-refractivity contribution is 8.10. The Morgan fingerprint density at radius 1 is 1.05 bits per heavy atom. The fourth-order valence-corrected chi connectivity index (χ4v) is 4.32. The Bertz CT molecular complexity index is 374. The molecule has 4 heteroatoms. The molecule has 2 aliphatic rings. The molecule has 0 aromatic carbocycles. The summed E-state index contributed by atoms with van der Waals surface area (Å²) in [7, 11) is 0. The van der Waals surface area contributed by atoms with Crippen molar-refractivity contribution in [1.82, 2.24) is 0 Å². The Labute approximate surface area is 142 Å². The van der Waals surface area contributed by atoms with Crippen molar-refractivity contribution in [2.45, 2.75) is 78.1 Å². The minimum Gasteiger partial charge on any atom is -0.311 e. The van der Waals surface area contributed by atoms with E-state index in [1.807, 2.05) is 0 Å². The molecule has 5 atom stereocenters. The van der Waals surface area contributed by atoms with Crippen molar-refractivity contribution in [1.29, 1.82) is 0 Å². The molecular weight excluding hydrogens is 311 g/mol. The van der Waals surface area contributed by atoms with E-state index in [2.05, 4.69) is 6.92 Å². The van der Waals surface area contributed by atoms with Crippen LogP contribution in [0, 0.1) is 29.8 Å². The van der Waals surface area contributed by atoms with Crippen LogP contribution in [-0.2, 0) is 16.3 Å². The van der Waals surface area contributed by atoms with Crippen molar-refractivity contribution in [2.24, 2.45) is 23.7 Å². The lowest BCUT2D eigenvalue weighted by Gasteiger charge is -2.06. The number of unbranched alkanes of at least 4 members (excludes halogenated alkanes) is 5. The SMILES string of the molecule is C[CH+]P(O)(=S)OCCCCCCCCC1CC1CC1CC1C. The van der Waals surface area contributed by atoms with E-state index in [0.717, 1.165) is 30.1 Å². The van der Waals surface area contributed by atoms with Crippen molar-refractivity contribution < 1.29 is 9.42 Å². The maximum atomic E-state index is 9.60. The normalized spacial score (nSPS) is 32.5. The highest BCUT2D eigenvalue weighted by Crippen LogP contribution is 2.53. The van der Waals surface area contributed by atoms with Gasteiger partial charge in [0.2, 0.25) is 0 Å². The molecule has 128 valence electrons. The van der Waals surface area contributed by atoms with Crippen LogP contribution in [0.3, 0.4) is 0 Å². The Balaban J connectivity index is 1.32. The average molecular weight is 346 g/mol. The van der Waals surface area contributed by atoms with Crippen LogP contribution in [0.15, 0.2) is 0 Å². The third kappa shape index (κ3) is 7.34. The summed E-state index contributed by atoms with van der Waals surface area (Å²) < 4.78 is 5.33. The number of rotatable bonds is 13. The fourth-order valence-electron chi connectivity index (χ4n) is 3.55. The molecule has 1 N–H and O–H groups in total. The summed E-state index contributed by atoms with van der Waals surface area (Å²) in [6, 6.07) is 0.